The molecule has 2 atom stereocenters. The molecule has 0 N–H and O–H groups in total. The van der Waals surface area contributed by atoms with E-state index in [0.29, 0.717) is 12.6 Å². The maximum absolute atomic E-state index is 6.04. The topological polar surface area (TPSA) is 30.9 Å². The van der Waals surface area contributed by atoms with Crippen molar-refractivity contribution in [3.05, 3.63) is 24.3 Å². The number of ether oxygens (including phenoxy) is 3. The van der Waals surface area contributed by atoms with Gasteiger partial charge < -0.3 is 14.2 Å². The summed E-state index contributed by atoms with van der Waals surface area (Å²) in [5, 5.41) is 0. The molecule has 3 rings (SSSR count). The van der Waals surface area contributed by atoms with E-state index < -0.39 is 0 Å². The Kier molecular flexibility index (Phi) is 3.39. The molecule has 0 bridgehead atoms. The molecule has 2 aliphatic rings. The van der Waals surface area contributed by atoms with Gasteiger partial charge in [-0.2, -0.15) is 0 Å². The summed E-state index contributed by atoms with van der Waals surface area (Å²) in [4.78, 5) is 2.41. The zero-order chi connectivity index (χ0) is 12.4. The zero-order valence-corrected chi connectivity index (χ0v) is 10.7. The second-order valence-electron chi connectivity index (χ2n) is 4.80. The number of para-hydroxylation sites is 2. The van der Waals surface area contributed by atoms with Crippen LogP contribution in [0.4, 0.5) is 0 Å². The lowest BCUT2D eigenvalue weighted by Gasteiger charge is -2.38. The zero-order valence-electron chi connectivity index (χ0n) is 10.7. The summed E-state index contributed by atoms with van der Waals surface area (Å²) in [6, 6.07) is 8.21. The quantitative estimate of drug-likeness (QED) is 0.795. The molecular weight excluding hydrogens is 230 g/mol. The first kappa shape index (κ1) is 11.8. The lowest BCUT2D eigenvalue weighted by atomic mass is 10.1. The van der Waals surface area contributed by atoms with Crippen molar-refractivity contribution in [3.8, 4) is 11.5 Å². The second kappa shape index (κ2) is 5.16. The number of nitrogens with zero attached hydrogens (tertiary/aromatic N) is 1. The summed E-state index contributed by atoms with van der Waals surface area (Å²) in [5.74, 6) is 1.71. The molecule has 4 nitrogen and oxygen atoms in total. The van der Waals surface area contributed by atoms with Gasteiger partial charge in [-0.1, -0.05) is 12.1 Å². The van der Waals surface area contributed by atoms with Gasteiger partial charge in [-0.25, -0.2) is 0 Å². The molecule has 1 fully saturated rings. The van der Waals surface area contributed by atoms with E-state index in [1.807, 2.05) is 24.3 Å². The number of rotatable bonds is 2. The van der Waals surface area contributed by atoms with Gasteiger partial charge in [0.25, 0.3) is 0 Å². The molecule has 18 heavy (non-hydrogen) atoms. The Morgan fingerprint density at radius 2 is 1.89 bits per heavy atom. The van der Waals surface area contributed by atoms with Gasteiger partial charge in [-0.05, 0) is 19.1 Å². The Labute approximate surface area is 107 Å². The number of hydrogen-bond acceptors (Lipinski definition) is 4. The molecule has 1 saturated heterocycles. The first-order valence-electron chi connectivity index (χ1n) is 6.55. The van der Waals surface area contributed by atoms with Gasteiger partial charge in [0.1, 0.15) is 12.7 Å². The first-order chi connectivity index (χ1) is 8.84. The molecule has 0 saturated carbocycles. The van der Waals surface area contributed by atoms with Crippen LogP contribution < -0.4 is 9.47 Å². The standard InChI is InChI=1S/C14H19NO3/c1-11(15-6-8-16-9-7-15)14-10-17-12-4-2-3-5-13(12)18-14/h2-5,11,14H,6-10H2,1H3/t11-,14+/m0/s1. The lowest BCUT2D eigenvalue weighted by molar-refractivity contribution is -0.0280. The fourth-order valence-corrected chi connectivity index (χ4v) is 2.49. The third-order valence-electron chi connectivity index (χ3n) is 3.69. The molecular formula is C14H19NO3. The minimum atomic E-state index is 0.0954. The van der Waals surface area contributed by atoms with Crippen LogP contribution in [0, 0.1) is 0 Å². The van der Waals surface area contributed by atoms with Crippen LogP contribution in [0.5, 0.6) is 11.5 Å². The van der Waals surface area contributed by atoms with E-state index in [1.165, 1.54) is 0 Å². The van der Waals surface area contributed by atoms with Gasteiger partial charge in [0.2, 0.25) is 0 Å². The van der Waals surface area contributed by atoms with Crippen LogP contribution in [0.2, 0.25) is 0 Å². The molecule has 4 heteroatoms. The smallest absolute Gasteiger partial charge is 0.161 e. The van der Waals surface area contributed by atoms with Crippen molar-refractivity contribution in [1.29, 1.82) is 0 Å². The minimum Gasteiger partial charge on any atom is -0.486 e. The molecule has 0 amide bonds. The van der Waals surface area contributed by atoms with E-state index in [4.69, 9.17) is 14.2 Å². The highest BCUT2D eigenvalue weighted by Gasteiger charge is 2.30. The van der Waals surface area contributed by atoms with Gasteiger partial charge in [0, 0.05) is 19.1 Å². The highest BCUT2D eigenvalue weighted by molar-refractivity contribution is 5.40. The molecule has 2 aliphatic heterocycles. The predicted octanol–water partition coefficient (Wildman–Crippen LogP) is 1.55. The summed E-state index contributed by atoms with van der Waals surface area (Å²) >= 11 is 0. The van der Waals surface area contributed by atoms with E-state index in [2.05, 4.69) is 11.8 Å². The van der Waals surface area contributed by atoms with Crippen LogP contribution in [-0.2, 0) is 4.74 Å². The van der Waals surface area contributed by atoms with Crippen molar-refractivity contribution < 1.29 is 14.2 Å². The molecule has 98 valence electrons. The van der Waals surface area contributed by atoms with E-state index in [1.54, 1.807) is 0 Å². The van der Waals surface area contributed by atoms with E-state index >= 15 is 0 Å². The minimum absolute atomic E-state index is 0.0954. The summed E-state index contributed by atoms with van der Waals surface area (Å²) in [6.07, 6.45) is 0.0954. The third kappa shape index (κ3) is 2.31. The van der Waals surface area contributed by atoms with Crippen LogP contribution in [-0.4, -0.2) is 50.0 Å². The fourth-order valence-electron chi connectivity index (χ4n) is 2.49. The number of hydrogen-bond donors (Lipinski definition) is 0. The number of fused-ring (bicyclic) bond motifs is 1. The molecule has 0 aliphatic carbocycles. The normalized spacial score (nSPS) is 25.7. The summed E-state index contributed by atoms with van der Waals surface area (Å²) < 4.78 is 17.2. The SMILES string of the molecule is C[C@@H]([C@H]1COc2ccccc2O1)N1CCOCC1. The highest BCUT2D eigenvalue weighted by Crippen LogP contribution is 2.32. The Morgan fingerprint density at radius 1 is 1.17 bits per heavy atom. The van der Waals surface area contributed by atoms with Crippen molar-refractivity contribution in [3.63, 3.8) is 0 Å². The van der Waals surface area contributed by atoms with Gasteiger partial charge in [-0.15, -0.1) is 0 Å². The Bertz CT molecular complexity index is 404. The average Bonchev–Trinajstić information content (AvgIpc) is 2.47. The van der Waals surface area contributed by atoms with Crippen molar-refractivity contribution in [2.45, 2.75) is 19.1 Å². The molecule has 2 heterocycles. The fraction of sp³-hybridized carbons (Fsp3) is 0.571. The van der Waals surface area contributed by atoms with Gasteiger partial charge in [0.15, 0.2) is 11.5 Å². The molecule has 1 aromatic rings. The maximum Gasteiger partial charge on any atom is 0.161 e. The lowest BCUT2D eigenvalue weighted by Crippen LogP contribution is -2.51. The van der Waals surface area contributed by atoms with Gasteiger partial charge >= 0.3 is 0 Å². The molecule has 0 unspecified atom stereocenters. The van der Waals surface area contributed by atoms with Crippen LogP contribution in [0.15, 0.2) is 24.3 Å². The highest BCUT2D eigenvalue weighted by atomic mass is 16.6. The summed E-state index contributed by atoms with van der Waals surface area (Å²) in [7, 11) is 0. The summed E-state index contributed by atoms with van der Waals surface area (Å²) in [5.41, 5.74) is 0. The molecule has 1 aromatic carbocycles. The van der Waals surface area contributed by atoms with E-state index in [-0.39, 0.29) is 6.10 Å². The molecule has 0 spiro atoms. The Hall–Kier alpha value is -1.26. The van der Waals surface area contributed by atoms with E-state index in [0.717, 1.165) is 37.8 Å². The van der Waals surface area contributed by atoms with Crippen LogP contribution in [0.3, 0.4) is 0 Å². The van der Waals surface area contributed by atoms with Crippen LogP contribution in [0.1, 0.15) is 6.92 Å². The molecule has 0 aromatic heterocycles. The first-order valence-corrected chi connectivity index (χ1v) is 6.55. The van der Waals surface area contributed by atoms with Crippen molar-refractivity contribution in [1.82, 2.24) is 4.90 Å². The maximum atomic E-state index is 6.04. The monoisotopic (exact) mass is 249 g/mol. The Morgan fingerprint density at radius 3 is 2.67 bits per heavy atom. The molecule has 0 radical (unpaired) electrons. The van der Waals surface area contributed by atoms with Crippen molar-refractivity contribution >= 4 is 0 Å². The average molecular weight is 249 g/mol. The van der Waals surface area contributed by atoms with Gasteiger partial charge in [0.05, 0.1) is 13.2 Å². The van der Waals surface area contributed by atoms with Crippen molar-refractivity contribution in [2.24, 2.45) is 0 Å². The Balaban J connectivity index is 1.67. The van der Waals surface area contributed by atoms with Crippen LogP contribution in [0.25, 0.3) is 0 Å². The van der Waals surface area contributed by atoms with Gasteiger partial charge in [-0.3, -0.25) is 4.90 Å². The number of benzene rings is 1. The summed E-state index contributed by atoms with van der Waals surface area (Å²) in [6.45, 7) is 6.40. The second-order valence-corrected chi connectivity index (χ2v) is 4.80. The largest absolute Gasteiger partial charge is 0.486 e. The number of morpholine rings is 1. The van der Waals surface area contributed by atoms with Crippen LogP contribution >= 0.6 is 0 Å². The van der Waals surface area contributed by atoms with E-state index in [9.17, 15) is 0 Å². The third-order valence-corrected chi connectivity index (χ3v) is 3.69. The predicted molar refractivity (Wildman–Crippen MR) is 68.2 cm³/mol. The van der Waals surface area contributed by atoms with Crippen molar-refractivity contribution in [2.75, 3.05) is 32.9 Å².